The summed E-state index contributed by atoms with van der Waals surface area (Å²) >= 11 is 0. The van der Waals surface area contributed by atoms with Gasteiger partial charge in [0.05, 0.1) is 12.6 Å². The van der Waals surface area contributed by atoms with Gasteiger partial charge in [-0.1, -0.05) is 45.8 Å². The number of hydrogen-bond donors (Lipinski definition) is 4. The van der Waals surface area contributed by atoms with Crippen LogP contribution >= 0.6 is 0 Å². The van der Waals surface area contributed by atoms with Crippen LogP contribution in [-0.4, -0.2) is 84.4 Å². The van der Waals surface area contributed by atoms with Gasteiger partial charge in [-0.2, -0.15) is 0 Å². The lowest BCUT2D eigenvalue weighted by atomic mass is 9.95. The van der Waals surface area contributed by atoms with Crippen LogP contribution in [0.15, 0.2) is 36.4 Å². The second-order valence-electron chi connectivity index (χ2n) is 12.1. The molecule has 1 aromatic carbocycles. The fourth-order valence-electron chi connectivity index (χ4n) is 5.47. The number of urea groups is 1. The highest BCUT2D eigenvalue weighted by molar-refractivity contribution is 6.02. The molecule has 1 unspecified atom stereocenters. The molecule has 4 atom stereocenters. The Labute approximate surface area is 254 Å². The van der Waals surface area contributed by atoms with E-state index in [1.165, 1.54) is 4.90 Å². The summed E-state index contributed by atoms with van der Waals surface area (Å²) in [4.78, 5) is 67.5. The molecule has 1 aromatic rings. The van der Waals surface area contributed by atoms with Crippen LogP contribution in [0.3, 0.4) is 0 Å². The van der Waals surface area contributed by atoms with Gasteiger partial charge in [-0.3, -0.25) is 14.4 Å². The summed E-state index contributed by atoms with van der Waals surface area (Å²) in [6.45, 7) is 5.74. The molecule has 0 spiro atoms. The topological polar surface area (TPSA) is 148 Å². The van der Waals surface area contributed by atoms with Crippen LogP contribution in [0.4, 0.5) is 10.5 Å². The zero-order valence-electron chi connectivity index (χ0n) is 26.0. The maximum absolute atomic E-state index is 13.2. The van der Waals surface area contributed by atoms with Gasteiger partial charge in [0, 0.05) is 37.8 Å². The summed E-state index contributed by atoms with van der Waals surface area (Å²) in [6, 6.07) is 4.83. The highest BCUT2D eigenvalue weighted by atomic mass is 16.4. The normalized spacial score (nSPS) is 21.9. The predicted molar refractivity (Wildman–Crippen MR) is 165 cm³/mol. The van der Waals surface area contributed by atoms with Crippen molar-refractivity contribution in [1.82, 2.24) is 20.9 Å². The number of hydrogen-bond acceptors (Lipinski definition) is 6. The first-order valence-corrected chi connectivity index (χ1v) is 15.3. The molecule has 2 aliphatic rings. The summed E-state index contributed by atoms with van der Waals surface area (Å²) in [6.07, 6.45) is 9.30. The van der Waals surface area contributed by atoms with Gasteiger partial charge in [0.25, 0.3) is 0 Å². The van der Waals surface area contributed by atoms with Gasteiger partial charge < -0.3 is 30.9 Å². The Morgan fingerprint density at radius 3 is 2.42 bits per heavy atom. The monoisotopic (exact) mass is 597 g/mol. The quantitative estimate of drug-likeness (QED) is 0.138. The molecule has 2 fully saturated rings. The lowest BCUT2D eigenvalue weighted by molar-refractivity contribution is -0.145. The maximum atomic E-state index is 13.2. The number of Topliss-reactive ketones (excluding diaryl/α,β-unsaturated/α-hetero) is 1. The molecule has 4 N–H and O–H groups in total. The van der Waals surface area contributed by atoms with E-state index in [0.29, 0.717) is 31.4 Å². The lowest BCUT2D eigenvalue weighted by Gasteiger charge is -2.26. The van der Waals surface area contributed by atoms with Crippen molar-refractivity contribution in [2.75, 3.05) is 32.1 Å². The number of benzene rings is 1. The number of unbranched alkanes of at least 4 members (excludes halogenated alkanes) is 3. The van der Waals surface area contributed by atoms with E-state index < -0.39 is 41.4 Å². The fourth-order valence-corrected chi connectivity index (χ4v) is 5.47. The molecule has 0 aromatic heterocycles. The standard InChI is InChI=1S/C32H47N5O6/c1-6-7-8-9-10-12-23-19-32(23,30(41)42)35-29(40)25-13-11-18-37(25)26(38)20-33-31(43)34-27(21(2)3)28(39)22-14-16-24(17-15-22)36(4)5/h10,12,14-17,21,23,25,27H,6-9,11,13,18-20H2,1-5H3,(H,35,40)(H,41,42)(H2,33,34,43)/b12-10-/t23?,25-,27-,32+/m0/s1. The third-order valence-electron chi connectivity index (χ3n) is 8.27. The lowest BCUT2D eigenvalue weighted by Crippen LogP contribution is -2.55. The Hall–Kier alpha value is -3.89. The first-order valence-electron chi connectivity index (χ1n) is 15.3. The molecule has 3 rings (SSSR count). The van der Waals surface area contributed by atoms with Crippen LogP contribution in [0, 0.1) is 11.8 Å². The molecular weight excluding hydrogens is 550 g/mol. The van der Waals surface area contributed by atoms with E-state index in [1.54, 1.807) is 12.1 Å². The minimum atomic E-state index is -1.35. The van der Waals surface area contributed by atoms with Crippen molar-refractivity contribution in [3.05, 3.63) is 42.0 Å². The van der Waals surface area contributed by atoms with E-state index in [1.807, 2.05) is 57.1 Å². The smallest absolute Gasteiger partial charge is 0.330 e. The highest BCUT2D eigenvalue weighted by Gasteiger charge is 2.61. The van der Waals surface area contributed by atoms with Crippen molar-refractivity contribution in [3.63, 3.8) is 0 Å². The number of anilines is 1. The van der Waals surface area contributed by atoms with Gasteiger partial charge in [-0.05, 0) is 62.3 Å². The third kappa shape index (κ3) is 8.58. The van der Waals surface area contributed by atoms with Gasteiger partial charge in [0.2, 0.25) is 11.8 Å². The predicted octanol–water partition coefficient (Wildman–Crippen LogP) is 3.35. The van der Waals surface area contributed by atoms with E-state index in [4.69, 9.17) is 0 Å². The van der Waals surface area contributed by atoms with Gasteiger partial charge >= 0.3 is 12.0 Å². The molecule has 43 heavy (non-hydrogen) atoms. The van der Waals surface area contributed by atoms with Gasteiger partial charge in [0.1, 0.15) is 11.6 Å². The van der Waals surface area contributed by atoms with Crippen LogP contribution in [0.5, 0.6) is 0 Å². The Kier molecular flexibility index (Phi) is 11.7. The van der Waals surface area contributed by atoms with Gasteiger partial charge in [-0.15, -0.1) is 0 Å². The zero-order chi connectivity index (χ0) is 31.7. The van der Waals surface area contributed by atoms with Crippen molar-refractivity contribution in [1.29, 1.82) is 0 Å². The number of carboxylic acids is 1. The number of ketones is 1. The number of carboxylic acid groups (broad SMARTS) is 1. The second kappa shape index (κ2) is 15.0. The Morgan fingerprint density at radius 2 is 1.81 bits per heavy atom. The number of allylic oxidation sites excluding steroid dienone is 1. The van der Waals surface area contributed by atoms with Crippen molar-refractivity contribution >= 4 is 35.3 Å². The minimum absolute atomic E-state index is 0.201. The first-order chi connectivity index (χ1) is 20.4. The molecule has 0 radical (unpaired) electrons. The second-order valence-corrected chi connectivity index (χ2v) is 12.1. The Bertz CT molecular complexity index is 1200. The number of likely N-dealkylation sites (tertiary alicyclic amines) is 1. The summed E-state index contributed by atoms with van der Waals surface area (Å²) in [5.74, 6) is -2.75. The average Bonchev–Trinajstić information content (AvgIpc) is 3.43. The SMILES string of the molecule is CCCCC/C=C\C1C[C@]1(NC(=O)[C@@H]1CCCN1C(=O)CNC(=O)N[C@H](C(=O)c1ccc(N(C)C)cc1)C(C)C)C(=O)O. The van der Waals surface area contributed by atoms with Gasteiger partial charge in [-0.25, -0.2) is 9.59 Å². The van der Waals surface area contributed by atoms with E-state index >= 15 is 0 Å². The molecule has 1 saturated heterocycles. The van der Waals surface area contributed by atoms with Crippen LogP contribution in [-0.2, 0) is 14.4 Å². The molecule has 4 amide bonds. The van der Waals surface area contributed by atoms with Crippen LogP contribution in [0.2, 0.25) is 0 Å². The molecular formula is C32H47N5O6. The largest absolute Gasteiger partial charge is 0.479 e. The molecule has 11 nitrogen and oxygen atoms in total. The fraction of sp³-hybridized carbons (Fsp3) is 0.594. The molecule has 236 valence electrons. The number of nitrogens with zero attached hydrogens (tertiary/aromatic N) is 2. The molecule has 11 heteroatoms. The Balaban J connectivity index is 1.54. The number of amides is 4. The molecule has 1 aliphatic heterocycles. The first kappa shape index (κ1) is 33.6. The van der Waals surface area contributed by atoms with Crippen molar-refractivity contribution in [2.24, 2.45) is 11.8 Å². The number of rotatable bonds is 15. The minimum Gasteiger partial charge on any atom is -0.479 e. The molecule has 1 aliphatic carbocycles. The molecule has 0 bridgehead atoms. The number of carbonyl (C=O) groups is 5. The maximum Gasteiger partial charge on any atom is 0.330 e. The van der Waals surface area contributed by atoms with Crippen molar-refractivity contribution in [3.8, 4) is 0 Å². The average molecular weight is 598 g/mol. The van der Waals surface area contributed by atoms with E-state index in [0.717, 1.165) is 31.4 Å². The van der Waals surface area contributed by atoms with Gasteiger partial charge in [0.15, 0.2) is 5.78 Å². The summed E-state index contributed by atoms with van der Waals surface area (Å²) in [5, 5.41) is 17.8. The van der Waals surface area contributed by atoms with Crippen LogP contribution < -0.4 is 20.9 Å². The van der Waals surface area contributed by atoms with E-state index in [-0.39, 0.29) is 24.2 Å². The number of aliphatic carboxylic acids is 1. The van der Waals surface area contributed by atoms with Crippen molar-refractivity contribution < 1.29 is 29.1 Å². The number of nitrogens with one attached hydrogen (secondary N) is 3. The third-order valence-corrected chi connectivity index (χ3v) is 8.27. The summed E-state index contributed by atoms with van der Waals surface area (Å²) < 4.78 is 0. The van der Waals surface area contributed by atoms with Crippen LogP contribution in [0.25, 0.3) is 0 Å². The van der Waals surface area contributed by atoms with E-state index in [2.05, 4.69) is 22.9 Å². The molecule has 1 heterocycles. The van der Waals surface area contributed by atoms with Crippen LogP contribution in [0.1, 0.15) is 76.1 Å². The zero-order valence-corrected chi connectivity index (χ0v) is 26.0. The highest BCUT2D eigenvalue weighted by Crippen LogP contribution is 2.45. The van der Waals surface area contributed by atoms with E-state index in [9.17, 15) is 29.1 Å². The number of carbonyl (C=O) groups excluding carboxylic acids is 4. The van der Waals surface area contributed by atoms with Crippen molar-refractivity contribution in [2.45, 2.75) is 83.3 Å². The Morgan fingerprint density at radius 1 is 1.12 bits per heavy atom. The summed E-state index contributed by atoms with van der Waals surface area (Å²) in [7, 11) is 3.81. The summed E-state index contributed by atoms with van der Waals surface area (Å²) in [5.41, 5.74) is 0.0648. The molecule has 1 saturated carbocycles.